The van der Waals surface area contributed by atoms with Crippen LogP contribution in [-0.4, -0.2) is 40.8 Å². The lowest BCUT2D eigenvalue weighted by molar-refractivity contribution is 0.0896. The number of hydrogen-bond donors (Lipinski definition) is 2. The van der Waals surface area contributed by atoms with E-state index in [9.17, 15) is 4.79 Å². The molecule has 2 heterocycles. The van der Waals surface area contributed by atoms with Crippen molar-refractivity contribution in [3.63, 3.8) is 0 Å². The number of hydrogen-bond acceptors (Lipinski definition) is 3. The van der Waals surface area contributed by atoms with Crippen molar-refractivity contribution in [2.75, 3.05) is 19.7 Å². The first kappa shape index (κ1) is 19.8. The molecule has 1 atom stereocenters. The minimum Gasteiger partial charge on any atom is -0.376 e. The van der Waals surface area contributed by atoms with Crippen LogP contribution in [0.2, 0.25) is 0 Å². The summed E-state index contributed by atoms with van der Waals surface area (Å²) >= 11 is 5.63. The average Bonchev–Trinajstić information content (AvgIpc) is 3.13. The van der Waals surface area contributed by atoms with E-state index in [0.29, 0.717) is 24.1 Å². The number of nitrogens with zero attached hydrogens (tertiary/aromatic N) is 1. The molecule has 0 aliphatic carbocycles. The van der Waals surface area contributed by atoms with Crippen LogP contribution in [-0.2, 0) is 11.3 Å². The van der Waals surface area contributed by atoms with E-state index in [1.807, 2.05) is 25.1 Å². The summed E-state index contributed by atoms with van der Waals surface area (Å²) in [7, 11) is 0. The van der Waals surface area contributed by atoms with E-state index >= 15 is 0 Å². The van der Waals surface area contributed by atoms with Crippen molar-refractivity contribution in [2.24, 2.45) is 5.92 Å². The molecule has 1 unspecified atom stereocenters. The summed E-state index contributed by atoms with van der Waals surface area (Å²) in [5, 5.41) is 5.05. The first-order chi connectivity index (χ1) is 12.9. The molecule has 3 rings (SSSR count). The lowest BCUT2D eigenvalue weighted by atomic mass is 10.1. The SMILES string of the molecule is Cc1ccc2cc(CN(CC3CCCO3)C(=S)NCC(C)C)c(=O)[nH]c2c1. The fourth-order valence-electron chi connectivity index (χ4n) is 3.34. The Labute approximate surface area is 166 Å². The fraction of sp³-hybridized carbons (Fsp3) is 0.524. The number of benzene rings is 1. The molecule has 6 heteroatoms. The lowest BCUT2D eigenvalue weighted by Gasteiger charge is -2.28. The molecule has 5 nitrogen and oxygen atoms in total. The minimum absolute atomic E-state index is 0.0582. The maximum atomic E-state index is 12.6. The Balaban J connectivity index is 1.82. The van der Waals surface area contributed by atoms with E-state index in [4.69, 9.17) is 17.0 Å². The number of nitrogens with one attached hydrogen (secondary N) is 2. The standard InChI is InChI=1S/C21H29N3O2S/c1-14(2)11-22-21(27)24(13-18-5-4-8-26-18)12-17-10-16-7-6-15(3)9-19(16)23-20(17)25/h6-7,9-10,14,18H,4-5,8,11-13H2,1-3H3,(H,22,27)(H,23,25). The highest BCUT2D eigenvalue weighted by molar-refractivity contribution is 7.80. The van der Waals surface area contributed by atoms with Crippen LogP contribution in [0.15, 0.2) is 29.1 Å². The third-order valence-electron chi connectivity index (χ3n) is 4.84. The quantitative estimate of drug-likeness (QED) is 0.745. The first-order valence-electron chi connectivity index (χ1n) is 9.69. The summed E-state index contributed by atoms with van der Waals surface area (Å²) in [4.78, 5) is 17.7. The summed E-state index contributed by atoms with van der Waals surface area (Å²) in [6.07, 6.45) is 2.29. The summed E-state index contributed by atoms with van der Waals surface area (Å²) in [6, 6.07) is 8.08. The molecule has 2 N–H and O–H groups in total. The molecule has 1 aliphatic heterocycles. The molecule has 146 valence electrons. The van der Waals surface area contributed by atoms with E-state index in [0.717, 1.165) is 48.0 Å². The Hall–Kier alpha value is -1.92. The Bertz CT molecular complexity index is 856. The molecular weight excluding hydrogens is 358 g/mol. The van der Waals surface area contributed by atoms with Gasteiger partial charge in [0.2, 0.25) is 0 Å². The summed E-state index contributed by atoms with van der Waals surface area (Å²) < 4.78 is 5.80. The van der Waals surface area contributed by atoms with Crippen molar-refractivity contribution in [1.29, 1.82) is 0 Å². The molecule has 1 saturated heterocycles. The number of pyridine rings is 1. The summed E-state index contributed by atoms with van der Waals surface area (Å²) in [5.41, 5.74) is 2.66. The molecule has 0 bridgehead atoms. The third-order valence-corrected chi connectivity index (χ3v) is 5.24. The van der Waals surface area contributed by atoms with Crippen molar-refractivity contribution in [3.8, 4) is 0 Å². The number of ether oxygens (including phenoxy) is 1. The van der Waals surface area contributed by atoms with Gasteiger partial charge >= 0.3 is 0 Å². The van der Waals surface area contributed by atoms with Gasteiger partial charge in [0.25, 0.3) is 5.56 Å². The largest absolute Gasteiger partial charge is 0.376 e. The summed E-state index contributed by atoms with van der Waals surface area (Å²) in [5.74, 6) is 0.500. The molecule has 1 aliphatic rings. The van der Waals surface area contributed by atoms with Crippen molar-refractivity contribution >= 4 is 28.2 Å². The highest BCUT2D eigenvalue weighted by Gasteiger charge is 2.22. The van der Waals surface area contributed by atoms with E-state index < -0.39 is 0 Å². The number of aryl methyl sites for hydroxylation is 1. The number of fused-ring (bicyclic) bond motifs is 1. The molecule has 0 spiro atoms. The third kappa shape index (κ3) is 5.30. The molecule has 27 heavy (non-hydrogen) atoms. The van der Waals surface area contributed by atoms with E-state index in [1.165, 1.54) is 0 Å². The van der Waals surface area contributed by atoms with Gasteiger partial charge in [-0.2, -0.15) is 0 Å². The van der Waals surface area contributed by atoms with Crippen LogP contribution in [0.25, 0.3) is 10.9 Å². The van der Waals surface area contributed by atoms with Gasteiger partial charge in [0.15, 0.2) is 5.11 Å². The van der Waals surface area contributed by atoms with Gasteiger partial charge in [-0.05, 0) is 61.0 Å². The number of aromatic nitrogens is 1. The molecule has 1 aromatic heterocycles. The predicted octanol–water partition coefficient (Wildman–Crippen LogP) is 3.35. The van der Waals surface area contributed by atoms with Gasteiger partial charge in [-0.1, -0.05) is 26.0 Å². The van der Waals surface area contributed by atoms with Gasteiger partial charge in [-0.15, -0.1) is 0 Å². The van der Waals surface area contributed by atoms with E-state index in [2.05, 4.69) is 35.1 Å². The molecule has 1 aromatic carbocycles. The van der Waals surface area contributed by atoms with Crippen LogP contribution >= 0.6 is 12.2 Å². The van der Waals surface area contributed by atoms with Gasteiger partial charge < -0.3 is 19.9 Å². The van der Waals surface area contributed by atoms with E-state index in [1.54, 1.807) is 0 Å². The van der Waals surface area contributed by atoms with Crippen LogP contribution in [0.4, 0.5) is 0 Å². The number of H-pyrrole nitrogens is 1. The number of aromatic amines is 1. The molecule has 0 amide bonds. The molecular formula is C21H29N3O2S. The molecule has 0 saturated carbocycles. The first-order valence-corrected chi connectivity index (χ1v) is 10.1. The van der Waals surface area contributed by atoms with Gasteiger partial charge in [0.05, 0.1) is 12.6 Å². The van der Waals surface area contributed by atoms with Crippen LogP contribution in [0.3, 0.4) is 0 Å². The van der Waals surface area contributed by atoms with Crippen LogP contribution < -0.4 is 10.9 Å². The predicted molar refractivity (Wildman–Crippen MR) is 114 cm³/mol. The Morgan fingerprint density at radius 3 is 2.93 bits per heavy atom. The zero-order valence-electron chi connectivity index (χ0n) is 16.4. The number of rotatable bonds is 6. The fourth-order valence-corrected chi connectivity index (χ4v) is 3.56. The zero-order chi connectivity index (χ0) is 19.4. The second-order valence-corrected chi connectivity index (χ2v) is 8.20. The minimum atomic E-state index is -0.0582. The monoisotopic (exact) mass is 387 g/mol. The normalized spacial score (nSPS) is 16.8. The Kier molecular flexibility index (Phi) is 6.50. The summed E-state index contributed by atoms with van der Waals surface area (Å²) in [6.45, 7) is 9.12. The van der Waals surface area contributed by atoms with Crippen molar-refractivity contribution in [3.05, 3.63) is 45.7 Å². The van der Waals surface area contributed by atoms with Crippen LogP contribution in [0.5, 0.6) is 0 Å². The highest BCUT2D eigenvalue weighted by atomic mass is 32.1. The maximum absolute atomic E-state index is 12.6. The molecule has 0 radical (unpaired) electrons. The molecule has 1 fully saturated rings. The highest BCUT2D eigenvalue weighted by Crippen LogP contribution is 2.17. The molecule has 2 aromatic rings. The second kappa shape index (κ2) is 8.85. The average molecular weight is 388 g/mol. The van der Waals surface area contributed by atoms with Gasteiger partial charge in [0.1, 0.15) is 0 Å². The lowest BCUT2D eigenvalue weighted by Crippen LogP contribution is -2.44. The number of thiocarbonyl (C=S) groups is 1. The smallest absolute Gasteiger partial charge is 0.253 e. The van der Waals surface area contributed by atoms with Crippen molar-refractivity contribution in [2.45, 2.75) is 46.3 Å². The van der Waals surface area contributed by atoms with Gasteiger partial charge in [0, 0.05) is 30.8 Å². The van der Waals surface area contributed by atoms with E-state index in [-0.39, 0.29) is 11.7 Å². The maximum Gasteiger partial charge on any atom is 0.253 e. The Morgan fingerprint density at radius 2 is 2.22 bits per heavy atom. The topological polar surface area (TPSA) is 57.4 Å². The van der Waals surface area contributed by atoms with Crippen LogP contribution in [0, 0.1) is 12.8 Å². The Morgan fingerprint density at radius 1 is 1.41 bits per heavy atom. The van der Waals surface area contributed by atoms with Crippen molar-refractivity contribution < 1.29 is 4.74 Å². The van der Waals surface area contributed by atoms with Crippen molar-refractivity contribution in [1.82, 2.24) is 15.2 Å². The van der Waals surface area contributed by atoms with Gasteiger partial charge in [-0.25, -0.2) is 0 Å². The van der Waals surface area contributed by atoms with Crippen LogP contribution in [0.1, 0.15) is 37.8 Å². The zero-order valence-corrected chi connectivity index (χ0v) is 17.2. The second-order valence-electron chi connectivity index (χ2n) is 7.81. The van der Waals surface area contributed by atoms with Gasteiger partial charge in [-0.3, -0.25) is 4.79 Å².